The number of benzene rings is 2. The van der Waals surface area contributed by atoms with Gasteiger partial charge in [-0.25, -0.2) is 4.68 Å². The van der Waals surface area contributed by atoms with Crippen molar-refractivity contribution in [2.75, 3.05) is 44.8 Å². The fraction of sp³-hybridized carbons (Fsp3) is 0.448. The minimum absolute atomic E-state index is 0.0830. The minimum Gasteiger partial charge on any atom is -0.497 e. The topological polar surface area (TPSA) is 101 Å². The number of tetrazole rings is 1. The van der Waals surface area contributed by atoms with E-state index < -0.39 is 0 Å². The summed E-state index contributed by atoms with van der Waals surface area (Å²) in [6, 6.07) is 14.0. The van der Waals surface area contributed by atoms with Crippen LogP contribution in [-0.2, 0) is 11.3 Å². The van der Waals surface area contributed by atoms with Crippen LogP contribution in [0.2, 0.25) is 0 Å². The Balaban J connectivity index is 1.36. The van der Waals surface area contributed by atoms with Gasteiger partial charge < -0.3 is 19.4 Å². The molecule has 2 aliphatic heterocycles. The zero-order valence-electron chi connectivity index (χ0n) is 22.8. The second kappa shape index (κ2) is 10.8. The number of aromatic amines is 1. The summed E-state index contributed by atoms with van der Waals surface area (Å²) < 4.78 is 13.0. The molecule has 2 aromatic heterocycles. The molecular weight excluding hydrogens is 494 g/mol. The molecule has 0 aliphatic carbocycles. The molecule has 4 aromatic rings. The van der Waals surface area contributed by atoms with Crippen LogP contribution in [0.15, 0.2) is 47.3 Å². The quantitative estimate of drug-likeness (QED) is 0.390. The first-order chi connectivity index (χ1) is 19.0. The van der Waals surface area contributed by atoms with Gasteiger partial charge in [0.05, 0.1) is 25.3 Å². The molecule has 0 amide bonds. The highest BCUT2D eigenvalue weighted by Gasteiger charge is 2.33. The monoisotopic (exact) mass is 529 g/mol. The van der Waals surface area contributed by atoms with Crippen LogP contribution in [0, 0.1) is 13.8 Å². The van der Waals surface area contributed by atoms with Crippen molar-refractivity contribution >= 4 is 16.6 Å². The van der Waals surface area contributed by atoms with Gasteiger partial charge in [-0.15, -0.1) is 5.10 Å². The molecule has 0 spiro atoms. The van der Waals surface area contributed by atoms with E-state index in [0.29, 0.717) is 17.9 Å². The number of nitrogens with zero attached hydrogens (tertiary/aromatic N) is 6. The number of ether oxygens (including phenoxy) is 2. The number of fused-ring (bicyclic) bond motifs is 1. The predicted octanol–water partition coefficient (Wildman–Crippen LogP) is 3.23. The Bertz CT molecular complexity index is 1500. The predicted molar refractivity (Wildman–Crippen MR) is 149 cm³/mol. The molecule has 2 fully saturated rings. The molecule has 0 bridgehead atoms. The van der Waals surface area contributed by atoms with E-state index in [-0.39, 0.29) is 17.7 Å². The number of anilines is 1. The number of nitrogens with one attached hydrogen (secondary N) is 1. The maximum atomic E-state index is 13.7. The van der Waals surface area contributed by atoms with Gasteiger partial charge in [0.15, 0.2) is 5.82 Å². The van der Waals surface area contributed by atoms with Crippen molar-refractivity contribution in [3.8, 4) is 5.75 Å². The molecule has 39 heavy (non-hydrogen) atoms. The van der Waals surface area contributed by atoms with E-state index in [1.165, 1.54) is 0 Å². The van der Waals surface area contributed by atoms with Gasteiger partial charge in [0.1, 0.15) is 11.8 Å². The van der Waals surface area contributed by atoms with Crippen molar-refractivity contribution in [2.45, 2.75) is 45.4 Å². The van der Waals surface area contributed by atoms with E-state index in [9.17, 15) is 4.79 Å². The molecule has 10 nitrogen and oxygen atoms in total. The number of piperazine rings is 1. The van der Waals surface area contributed by atoms with Crippen LogP contribution >= 0.6 is 0 Å². The van der Waals surface area contributed by atoms with Gasteiger partial charge in [-0.1, -0.05) is 12.1 Å². The maximum Gasteiger partial charge on any atom is 0.253 e. The molecule has 0 saturated carbocycles. The average Bonchev–Trinajstić information content (AvgIpc) is 3.65. The molecule has 2 aromatic carbocycles. The van der Waals surface area contributed by atoms with Crippen molar-refractivity contribution in [1.29, 1.82) is 0 Å². The van der Waals surface area contributed by atoms with E-state index in [1.54, 1.807) is 7.11 Å². The van der Waals surface area contributed by atoms with Crippen LogP contribution in [0.3, 0.4) is 0 Å². The van der Waals surface area contributed by atoms with Gasteiger partial charge >= 0.3 is 0 Å². The Hall–Kier alpha value is -3.76. The molecule has 2 aliphatic rings. The Labute approximate surface area is 227 Å². The van der Waals surface area contributed by atoms with Gasteiger partial charge in [-0.05, 0) is 78.6 Å². The number of hydrogen-bond donors (Lipinski definition) is 1. The molecule has 10 heteroatoms. The molecule has 0 unspecified atom stereocenters. The van der Waals surface area contributed by atoms with Crippen LogP contribution in [-0.4, -0.2) is 76.1 Å². The van der Waals surface area contributed by atoms with Crippen molar-refractivity contribution < 1.29 is 9.47 Å². The van der Waals surface area contributed by atoms with Crippen LogP contribution in [0.25, 0.3) is 10.9 Å². The normalized spacial score (nSPS) is 19.1. The third-order valence-corrected chi connectivity index (χ3v) is 8.09. The van der Waals surface area contributed by atoms with Crippen molar-refractivity contribution in [3.63, 3.8) is 0 Å². The zero-order chi connectivity index (χ0) is 26.9. The first kappa shape index (κ1) is 25.5. The summed E-state index contributed by atoms with van der Waals surface area (Å²) in [4.78, 5) is 21.5. The fourth-order valence-corrected chi connectivity index (χ4v) is 5.84. The lowest BCUT2D eigenvalue weighted by molar-refractivity contribution is 0.0906. The molecule has 6 rings (SSSR count). The smallest absolute Gasteiger partial charge is 0.253 e. The molecule has 0 radical (unpaired) electrons. The lowest BCUT2D eigenvalue weighted by Crippen LogP contribution is -2.49. The second-order valence-corrected chi connectivity index (χ2v) is 10.5. The summed E-state index contributed by atoms with van der Waals surface area (Å²) in [7, 11) is 1.68. The van der Waals surface area contributed by atoms with E-state index in [2.05, 4.69) is 55.4 Å². The number of pyridine rings is 1. The standard InChI is InChI=1S/C29H35N7O3/c1-19-6-7-20(2)26-24(19)17-25(29(37)30-26)27(28-31-32-33-36(28)18-23-5-4-16-39-23)35-14-12-34(13-15-35)21-8-10-22(38-3)11-9-21/h6-11,17,23,27H,4-5,12-16,18H2,1-3H3,(H,30,37)/t23-,27+/m0/s1. The summed E-state index contributed by atoms with van der Waals surface area (Å²) >= 11 is 0. The Morgan fingerprint density at radius 1 is 1.08 bits per heavy atom. The van der Waals surface area contributed by atoms with Gasteiger partial charge in [0.25, 0.3) is 5.56 Å². The Morgan fingerprint density at radius 2 is 1.85 bits per heavy atom. The maximum absolute atomic E-state index is 13.7. The number of rotatable bonds is 7. The van der Waals surface area contributed by atoms with Crippen molar-refractivity contribution in [1.82, 2.24) is 30.1 Å². The first-order valence-corrected chi connectivity index (χ1v) is 13.7. The number of methoxy groups -OCH3 is 1. The fourth-order valence-electron chi connectivity index (χ4n) is 5.84. The number of hydrogen-bond acceptors (Lipinski definition) is 8. The molecule has 204 valence electrons. The largest absolute Gasteiger partial charge is 0.497 e. The van der Waals surface area contributed by atoms with E-state index in [1.807, 2.05) is 35.9 Å². The van der Waals surface area contributed by atoms with Crippen LogP contribution in [0.4, 0.5) is 5.69 Å². The highest BCUT2D eigenvalue weighted by molar-refractivity contribution is 5.85. The summed E-state index contributed by atoms with van der Waals surface area (Å²) in [5.74, 6) is 1.52. The number of aryl methyl sites for hydroxylation is 2. The van der Waals surface area contributed by atoms with E-state index in [0.717, 1.165) is 79.1 Å². The summed E-state index contributed by atoms with van der Waals surface area (Å²) in [5.41, 5.74) is 4.76. The van der Waals surface area contributed by atoms with Crippen LogP contribution < -0.4 is 15.2 Å². The van der Waals surface area contributed by atoms with Crippen LogP contribution in [0.1, 0.15) is 41.4 Å². The van der Waals surface area contributed by atoms with Gasteiger partial charge in [0, 0.05) is 49.4 Å². The third-order valence-electron chi connectivity index (χ3n) is 8.09. The van der Waals surface area contributed by atoms with Crippen molar-refractivity contribution in [2.24, 2.45) is 0 Å². The summed E-state index contributed by atoms with van der Waals surface area (Å²) in [6.45, 7) is 8.60. The van der Waals surface area contributed by atoms with Crippen LogP contribution in [0.5, 0.6) is 5.75 Å². The van der Waals surface area contributed by atoms with E-state index >= 15 is 0 Å². The number of H-pyrrole nitrogens is 1. The Kier molecular flexibility index (Phi) is 7.05. The Morgan fingerprint density at radius 3 is 2.56 bits per heavy atom. The van der Waals surface area contributed by atoms with Gasteiger partial charge in [-0.3, -0.25) is 9.69 Å². The van der Waals surface area contributed by atoms with Crippen molar-refractivity contribution in [3.05, 3.63) is 75.3 Å². The minimum atomic E-state index is -0.382. The molecule has 2 saturated heterocycles. The second-order valence-electron chi connectivity index (χ2n) is 10.5. The average molecular weight is 530 g/mol. The SMILES string of the molecule is COc1ccc(N2CCN([C@H](c3cc4c(C)ccc(C)c4[nH]c3=O)c3nnnn3C[C@@H]3CCCO3)CC2)cc1. The lowest BCUT2D eigenvalue weighted by atomic mass is 9.99. The zero-order valence-corrected chi connectivity index (χ0v) is 22.8. The highest BCUT2D eigenvalue weighted by atomic mass is 16.5. The van der Waals surface area contributed by atoms with E-state index in [4.69, 9.17) is 9.47 Å². The van der Waals surface area contributed by atoms with Gasteiger partial charge in [-0.2, -0.15) is 0 Å². The molecule has 1 N–H and O–H groups in total. The molecule has 2 atom stereocenters. The molecular formula is C29H35N7O3. The highest BCUT2D eigenvalue weighted by Crippen LogP contribution is 2.31. The molecule has 4 heterocycles. The summed E-state index contributed by atoms with van der Waals surface area (Å²) in [5, 5.41) is 13.9. The van der Waals surface area contributed by atoms with Gasteiger partial charge in [0.2, 0.25) is 0 Å². The lowest BCUT2D eigenvalue weighted by Gasteiger charge is -2.39. The first-order valence-electron chi connectivity index (χ1n) is 13.7. The number of aromatic nitrogens is 5. The third kappa shape index (κ3) is 5.02. The summed E-state index contributed by atoms with van der Waals surface area (Å²) in [6.07, 6.45) is 2.11.